The fourth-order valence-electron chi connectivity index (χ4n) is 4.20. The van der Waals surface area contributed by atoms with Crippen molar-refractivity contribution in [3.05, 3.63) is 94.3 Å². The highest BCUT2D eigenvalue weighted by atomic mass is 35.5. The lowest BCUT2D eigenvalue weighted by molar-refractivity contribution is -0.00397. The lowest BCUT2D eigenvalue weighted by Gasteiger charge is -2.28. The van der Waals surface area contributed by atoms with Crippen molar-refractivity contribution in [1.29, 1.82) is 0 Å². The van der Waals surface area contributed by atoms with E-state index in [0.717, 1.165) is 16.7 Å². The molecule has 0 amide bonds. The van der Waals surface area contributed by atoms with E-state index in [0.29, 0.717) is 18.9 Å². The first-order chi connectivity index (χ1) is 16.6. The highest BCUT2D eigenvalue weighted by Crippen LogP contribution is 2.31. The van der Waals surface area contributed by atoms with Gasteiger partial charge in [-0.3, -0.25) is 0 Å². The second-order valence-corrected chi connectivity index (χ2v) is 10.6. The normalized spacial score (nSPS) is 13.7. The molecule has 35 heavy (non-hydrogen) atoms. The second-order valence-electron chi connectivity index (χ2n) is 10.2. The van der Waals surface area contributed by atoms with E-state index < -0.39 is 11.9 Å². The van der Waals surface area contributed by atoms with Gasteiger partial charge in [0.1, 0.15) is 5.82 Å². The van der Waals surface area contributed by atoms with Crippen LogP contribution in [0.1, 0.15) is 63.3 Å². The molecular weight excluding hydrogens is 461 g/mol. The highest BCUT2D eigenvalue weighted by Gasteiger charge is 2.21. The van der Waals surface area contributed by atoms with Crippen molar-refractivity contribution < 1.29 is 14.2 Å². The van der Waals surface area contributed by atoms with E-state index in [-0.39, 0.29) is 23.3 Å². The number of rotatable bonds is 11. The molecular formula is C30H37ClFNO2. The van der Waals surface area contributed by atoms with Gasteiger partial charge < -0.3 is 15.2 Å². The quantitative estimate of drug-likeness (QED) is 0.291. The van der Waals surface area contributed by atoms with Gasteiger partial charge in [0.05, 0.1) is 23.8 Å². The van der Waals surface area contributed by atoms with Crippen LogP contribution >= 0.6 is 11.6 Å². The Morgan fingerprint density at radius 1 is 1.00 bits per heavy atom. The van der Waals surface area contributed by atoms with E-state index in [2.05, 4.69) is 55.6 Å². The van der Waals surface area contributed by atoms with Crippen LogP contribution in [0, 0.1) is 5.82 Å². The van der Waals surface area contributed by atoms with Crippen LogP contribution in [0.3, 0.4) is 0 Å². The van der Waals surface area contributed by atoms with Gasteiger partial charge in [0, 0.05) is 12.1 Å². The first-order valence-corrected chi connectivity index (χ1v) is 12.6. The van der Waals surface area contributed by atoms with Gasteiger partial charge in [0.2, 0.25) is 0 Å². The third-order valence-corrected chi connectivity index (χ3v) is 6.55. The van der Waals surface area contributed by atoms with Gasteiger partial charge in [0.15, 0.2) is 0 Å². The minimum atomic E-state index is -0.671. The summed E-state index contributed by atoms with van der Waals surface area (Å²) in [6.07, 6.45) is -0.239. The molecule has 0 aromatic heterocycles. The Kier molecular flexibility index (Phi) is 9.48. The standard InChI is InChI=1S/C30H37ClFNO2/c1-20(2)23-9-8-10-24(16-23)27-12-7-6-11-26(27)21(3)35-19-25(34)18-33-30(4,5)17-22-13-14-28(31)29(32)15-22/h6-16,20-21,25,33-34H,17-19H2,1-5H3/t21?,25-/m1/s1. The number of ether oxygens (including phenoxy) is 1. The Balaban J connectivity index is 1.57. The molecule has 0 aliphatic rings. The third kappa shape index (κ3) is 7.88. The Morgan fingerprint density at radius 2 is 1.74 bits per heavy atom. The van der Waals surface area contributed by atoms with E-state index in [1.54, 1.807) is 6.07 Å². The van der Waals surface area contributed by atoms with Crippen molar-refractivity contribution in [2.24, 2.45) is 0 Å². The molecule has 5 heteroatoms. The Bertz CT molecular complexity index is 1120. The average Bonchev–Trinajstić information content (AvgIpc) is 2.83. The monoisotopic (exact) mass is 497 g/mol. The van der Waals surface area contributed by atoms with Crippen molar-refractivity contribution in [3.63, 3.8) is 0 Å². The van der Waals surface area contributed by atoms with E-state index in [1.165, 1.54) is 17.2 Å². The number of nitrogens with one attached hydrogen (secondary N) is 1. The second kappa shape index (κ2) is 12.1. The van der Waals surface area contributed by atoms with Crippen LogP contribution in [-0.2, 0) is 11.2 Å². The Hall–Kier alpha value is -2.24. The topological polar surface area (TPSA) is 41.5 Å². The summed E-state index contributed by atoms with van der Waals surface area (Å²) in [5.41, 5.74) is 5.23. The van der Waals surface area contributed by atoms with Crippen molar-refractivity contribution in [2.75, 3.05) is 13.2 Å². The molecule has 0 fully saturated rings. The predicted octanol–water partition coefficient (Wildman–Crippen LogP) is 7.32. The van der Waals surface area contributed by atoms with Crippen LogP contribution in [0.5, 0.6) is 0 Å². The molecule has 0 spiro atoms. The first-order valence-electron chi connectivity index (χ1n) is 12.2. The minimum Gasteiger partial charge on any atom is -0.389 e. The maximum absolute atomic E-state index is 13.8. The molecule has 0 heterocycles. The summed E-state index contributed by atoms with van der Waals surface area (Å²) in [7, 11) is 0. The number of aliphatic hydroxyl groups is 1. The molecule has 3 rings (SSSR count). The molecule has 0 aliphatic heterocycles. The van der Waals surface area contributed by atoms with Crippen LogP contribution in [0.25, 0.3) is 11.1 Å². The molecule has 0 saturated heterocycles. The largest absolute Gasteiger partial charge is 0.389 e. The van der Waals surface area contributed by atoms with Crippen molar-refractivity contribution >= 4 is 11.6 Å². The molecule has 3 nitrogen and oxygen atoms in total. The number of β-amino-alcohol motifs (C(OH)–C–C–N with tert-alkyl or cyclic N) is 1. The number of benzene rings is 3. The lowest BCUT2D eigenvalue weighted by Crippen LogP contribution is -2.46. The third-order valence-electron chi connectivity index (χ3n) is 6.25. The smallest absolute Gasteiger partial charge is 0.142 e. The number of hydrogen-bond donors (Lipinski definition) is 2. The van der Waals surface area contributed by atoms with E-state index in [1.807, 2.05) is 39.0 Å². The zero-order valence-electron chi connectivity index (χ0n) is 21.3. The van der Waals surface area contributed by atoms with Crippen LogP contribution < -0.4 is 5.32 Å². The summed E-state index contributed by atoms with van der Waals surface area (Å²) in [6, 6.07) is 21.7. The summed E-state index contributed by atoms with van der Waals surface area (Å²) < 4.78 is 19.9. The zero-order valence-corrected chi connectivity index (χ0v) is 22.1. The molecule has 0 bridgehead atoms. The molecule has 0 aliphatic carbocycles. The van der Waals surface area contributed by atoms with Gasteiger partial charge >= 0.3 is 0 Å². The van der Waals surface area contributed by atoms with Crippen LogP contribution in [-0.4, -0.2) is 29.9 Å². The summed E-state index contributed by atoms with van der Waals surface area (Å²) in [4.78, 5) is 0. The lowest BCUT2D eigenvalue weighted by atomic mass is 9.93. The zero-order chi connectivity index (χ0) is 25.6. The van der Waals surface area contributed by atoms with E-state index in [4.69, 9.17) is 16.3 Å². The molecule has 1 unspecified atom stereocenters. The van der Waals surface area contributed by atoms with Crippen LogP contribution in [0.2, 0.25) is 5.02 Å². The first kappa shape index (κ1) is 27.3. The number of halogens is 2. The highest BCUT2D eigenvalue weighted by molar-refractivity contribution is 6.30. The van der Waals surface area contributed by atoms with E-state index >= 15 is 0 Å². The average molecular weight is 498 g/mol. The van der Waals surface area contributed by atoms with Crippen molar-refractivity contribution in [2.45, 2.75) is 64.7 Å². The van der Waals surface area contributed by atoms with Crippen LogP contribution in [0.15, 0.2) is 66.7 Å². The van der Waals surface area contributed by atoms with Gasteiger partial charge in [-0.25, -0.2) is 4.39 Å². The molecule has 2 N–H and O–H groups in total. The fourth-order valence-corrected chi connectivity index (χ4v) is 4.32. The van der Waals surface area contributed by atoms with Gasteiger partial charge in [0.25, 0.3) is 0 Å². The number of hydrogen-bond acceptors (Lipinski definition) is 3. The van der Waals surface area contributed by atoms with Crippen LogP contribution in [0.4, 0.5) is 4.39 Å². The van der Waals surface area contributed by atoms with Crippen molar-refractivity contribution in [1.82, 2.24) is 5.32 Å². The predicted molar refractivity (Wildman–Crippen MR) is 144 cm³/mol. The maximum atomic E-state index is 13.8. The summed E-state index contributed by atoms with van der Waals surface area (Å²) in [6.45, 7) is 11.0. The molecule has 2 atom stereocenters. The SMILES string of the molecule is CC(C)c1cccc(-c2ccccc2C(C)OC[C@H](O)CNC(C)(C)Cc2ccc(Cl)c(F)c2)c1. The minimum absolute atomic E-state index is 0.121. The van der Waals surface area contributed by atoms with E-state index in [9.17, 15) is 9.50 Å². The molecule has 0 radical (unpaired) electrons. The maximum Gasteiger partial charge on any atom is 0.142 e. The summed E-state index contributed by atoms with van der Waals surface area (Å²) in [5.74, 6) is 0.0417. The summed E-state index contributed by atoms with van der Waals surface area (Å²) in [5, 5.41) is 14.1. The van der Waals surface area contributed by atoms with Gasteiger partial charge in [-0.15, -0.1) is 0 Å². The van der Waals surface area contributed by atoms with Gasteiger partial charge in [-0.05, 0) is 73.1 Å². The molecule has 3 aromatic carbocycles. The summed E-state index contributed by atoms with van der Waals surface area (Å²) >= 11 is 5.79. The molecule has 188 valence electrons. The molecule has 0 saturated carbocycles. The van der Waals surface area contributed by atoms with Crippen molar-refractivity contribution in [3.8, 4) is 11.1 Å². The van der Waals surface area contributed by atoms with Gasteiger partial charge in [-0.1, -0.05) is 80.0 Å². The Morgan fingerprint density at radius 3 is 2.46 bits per heavy atom. The molecule has 3 aromatic rings. The fraction of sp³-hybridized carbons (Fsp3) is 0.400. The number of aliphatic hydroxyl groups excluding tert-OH is 1. The Labute approximate surface area is 214 Å². The van der Waals surface area contributed by atoms with Gasteiger partial charge in [-0.2, -0.15) is 0 Å².